The smallest absolute Gasteiger partial charge is 0.406 e. The van der Waals surface area contributed by atoms with Gasteiger partial charge < -0.3 is 14.3 Å². The Kier molecular flexibility index (Phi) is 2.86. The monoisotopic (exact) mass is 262 g/mol. The van der Waals surface area contributed by atoms with Crippen LogP contribution >= 0.6 is 12.2 Å². The number of aromatic nitrogens is 2. The minimum atomic E-state index is -4.31. The molecule has 7 heteroatoms. The summed E-state index contributed by atoms with van der Waals surface area (Å²) in [6.45, 7) is -1.11. The van der Waals surface area contributed by atoms with Crippen LogP contribution in [0.5, 0.6) is 5.75 Å². The molecule has 92 valence electrons. The normalized spacial score (nSPS) is 12.0. The number of halogens is 3. The lowest BCUT2D eigenvalue weighted by molar-refractivity contribution is -0.140. The molecule has 2 aromatic rings. The van der Waals surface area contributed by atoms with Crippen LogP contribution in [0.4, 0.5) is 13.2 Å². The third-order valence-electron chi connectivity index (χ3n) is 2.32. The summed E-state index contributed by atoms with van der Waals surface area (Å²) in [6.07, 6.45) is -4.31. The Labute approximate surface area is 99.8 Å². The number of nitrogens with one attached hydrogen (secondary N) is 1. The number of aromatic amines is 1. The predicted octanol–water partition coefficient (Wildman–Crippen LogP) is 3.27. The van der Waals surface area contributed by atoms with E-state index < -0.39 is 12.7 Å². The van der Waals surface area contributed by atoms with Crippen molar-refractivity contribution in [2.45, 2.75) is 12.7 Å². The number of ether oxygens (including phenoxy) is 1. The van der Waals surface area contributed by atoms with E-state index in [4.69, 9.17) is 17.0 Å². The number of methoxy groups -OCH3 is 1. The molecule has 0 saturated heterocycles. The first-order valence-corrected chi connectivity index (χ1v) is 5.15. The molecule has 0 unspecified atom stereocenters. The average Bonchev–Trinajstić information content (AvgIpc) is 2.53. The highest BCUT2D eigenvalue weighted by Crippen LogP contribution is 2.24. The Bertz CT molecular complexity index is 600. The highest BCUT2D eigenvalue weighted by molar-refractivity contribution is 7.71. The zero-order valence-corrected chi connectivity index (χ0v) is 9.65. The van der Waals surface area contributed by atoms with Gasteiger partial charge in [-0.05, 0) is 24.4 Å². The number of rotatable bonds is 2. The maximum atomic E-state index is 12.4. The van der Waals surface area contributed by atoms with Gasteiger partial charge in [-0.1, -0.05) is 0 Å². The zero-order chi connectivity index (χ0) is 12.6. The molecule has 1 heterocycles. The van der Waals surface area contributed by atoms with Gasteiger partial charge in [-0.3, -0.25) is 0 Å². The fraction of sp³-hybridized carbons (Fsp3) is 0.300. The molecule has 3 nitrogen and oxygen atoms in total. The molecule has 0 amide bonds. The number of H-pyrrole nitrogens is 1. The molecule has 0 saturated carbocycles. The fourth-order valence-electron chi connectivity index (χ4n) is 1.60. The van der Waals surface area contributed by atoms with Crippen molar-refractivity contribution in [2.75, 3.05) is 7.11 Å². The lowest BCUT2D eigenvalue weighted by atomic mass is 10.3. The molecule has 0 spiro atoms. The second kappa shape index (κ2) is 4.06. The van der Waals surface area contributed by atoms with E-state index in [2.05, 4.69) is 4.98 Å². The molecule has 0 aliphatic carbocycles. The van der Waals surface area contributed by atoms with E-state index in [0.717, 1.165) is 4.57 Å². The van der Waals surface area contributed by atoms with Crippen molar-refractivity contribution in [3.8, 4) is 5.75 Å². The Morgan fingerprint density at radius 1 is 1.41 bits per heavy atom. The molecule has 1 aromatic heterocycles. The van der Waals surface area contributed by atoms with Crippen molar-refractivity contribution in [2.24, 2.45) is 0 Å². The summed E-state index contributed by atoms with van der Waals surface area (Å²) in [5.41, 5.74) is 0.937. The molecule has 0 aliphatic rings. The van der Waals surface area contributed by atoms with Crippen molar-refractivity contribution in [1.82, 2.24) is 9.55 Å². The van der Waals surface area contributed by atoms with Crippen molar-refractivity contribution in [3.63, 3.8) is 0 Å². The largest absolute Gasteiger partial charge is 0.497 e. The third-order valence-corrected chi connectivity index (χ3v) is 2.64. The lowest BCUT2D eigenvalue weighted by Gasteiger charge is -2.08. The Morgan fingerprint density at radius 2 is 2.12 bits per heavy atom. The number of alkyl halides is 3. The molecule has 17 heavy (non-hydrogen) atoms. The summed E-state index contributed by atoms with van der Waals surface area (Å²) >= 11 is 4.87. The highest BCUT2D eigenvalue weighted by Gasteiger charge is 2.29. The van der Waals surface area contributed by atoms with Gasteiger partial charge in [0, 0.05) is 6.07 Å². The maximum absolute atomic E-state index is 12.4. The Hall–Kier alpha value is -1.50. The number of hydrogen-bond acceptors (Lipinski definition) is 2. The molecular formula is C10H9F3N2OS. The number of hydrogen-bond donors (Lipinski definition) is 1. The molecule has 2 rings (SSSR count). The second-order valence-electron chi connectivity index (χ2n) is 3.51. The average molecular weight is 262 g/mol. The number of imidazole rings is 1. The van der Waals surface area contributed by atoms with Crippen LogP contribution in [0, 0.1) is 4.77 Å². The number of nitrogens with zero attached hydrogens (tertiary/aromatic N) is 1. The quantitative estimate of drug-likeness (QED) is 0.842. The van der Waals surface area contributed by atoms with Gasteiger partial charge in [0.05, 0.1) is 18.1 Å². The van der Waals surface area contributed by atoms with Crippen LogP contribution in [0.3, 0.4) is 0 Å². The summed E-state index contributed by atoms with van der Waals surface area (Å²) in [6, 6.07) is 4.82. The number of fused-ring (bicyclic) bond motifs is 1. The number of benzene rings is 1. The van der Waals surface area contributed by atoms with Crippen LogP contribution < -0.4 is 4.74 Å². The van der Waals surface area contributed by atoms with Crippen LogP contribution in [0.2, 0.25) is 0 Å². The first-order chi connectivity index (χ1) is 7.90. The van der Waals surface area contributed by atoms with Gasteiger partial charge in [0.2, 0.25) is 0 Å². The SMILES string of the molecule is COc1ccc2[nH]c(=S)n(CC(F)(F)F)c2c1. The van der Waals surface area contributed by atoms with Gasteiger partial charge >= 0.3 is 6.18 Å². The van der Waals surface area contributed by atoms with Crippen LogP contribution in [0.25, 0.3) is 11.0 Å². The predicted molar refractivity (Wildman–Crippen MR) is 59.7 cm³/mol. The molecule has 1 aromatic carbocycles. The van der Waals surface area contributed by atoms with Crippen LogP contribution in [-0.2, 0) is 6.54 Å². The fourth-order valence-corrected chi connectivity index (χ4v) is 1.87. The molecule has 0 atom stereocenters. The standard InChI is InChI=1S/C10H9F3N2OS/c1-16-6-2-3-7-8(4-6)15(9(17)14-7)5-10(11,12)13/h2-4H,5H2,1H3,(H,14,17). The molecule has 0 bridgehead atoms. The summed E-state index contributed by atoms with van der Waals surface area (Å²) in [5.74, 6) is 0.488. The lowest BCUT2D eigenvalue weighted by Crippen LogP contribution is -2.17. The van der Waals surface area contributed by atoms with Crippen LogP contribution in [0.1, 0.15) is 0 Å². The topological polar surface area (TPSA) is 29.9 Å². The summed E-state index contributed by atoms with van der Waals surface area (Å²) in [4.78, 5) is 2.72. The van der Waals surface area contributed by atoms with Gasteiger partial charge in [0.1, 0.15) is 12.3 Å². The van der Waals surface area contributed by atoms with Gasteiger partial charge in [0.25, 0.3) is 0 Å². The second-order valence-corrected chi connectivity index (χ2v) is 3.90. The van der Waals surface area contributed by atoms with E-state index in [-0.39, 0.29) is 4.77 Å². The first kappa shape index (κ1) is 12.0. The molecule has 1 N–H and O–H groups in total. The summed E-state index contributed by atoms with van der Waals surface area (Å²) in [5, 5.41) is 0. The van der Waals surface area contributed by atoms with E-state index in [1.165, 1.54) is 13.2 Å². The molecule has 0 fully saturated rings. The van der Waals surface area contributed by atoms with Gasteiger partial charge in [-0.15, -0.1) is 0 Å². The molecule has 0 aliphatic heterocycles. The third kappa shape index (κ3) is 2.44. The van der Waals surface area contributed by atoms with Gasteiger partial charge in [-0.2, -0.15) is 13.2 Å². The Balaban J connectivity index is 2.60. The zero-order valence-electron chi connectivity index (χ0n) is 8.84. The maximum Gasteiger partial charge on any atom is 0.406 e. The summed E-state index contributed by atoms with van der Waals surface area (Å²) < 4.78 is 43.2. The van der Waals surface area contributed by atoms with E-state index in [0.29, 0.717) is 16.8 Å². The first-order valence-electron chi connectivity index (χ1n) is 4.74. The summed E-state index contributed by atoms with van der Waals surface area (Å²) in [7, 11) is 1.45. The van der Waals surface area contributed by atoms with Crippen molar-refractivity contribution < 1.29 is 17.9 Å². The Morgan fingerprint density at radius 3 is 2.71 bits per heavy atom. The highest BCUT2D eigenvalue weighted by atomic mass is 32.1. The van der Waals surface area contributed by atoms with Gasteiger partial charge in [-0.25, -0.2) is 0 Å². The molecule has 0 radical (unpaired) electrons. The minimum absolute atomic E-state index is 0.0468. The van der Waals surface area contributed by atoms with Gasteiger partial charge in [0.15, 0.2) is 4.77 Å². The van der Waals surface area contributed by atoms with E-state index >= 15 is 0 Å². The van der Waals surface area contributed by atoms with Crippen LogP contribution in [0.15, 0.2) is 18.2 Å². The van der Waals surface area contributed by atoms with Crippen LogP contribution in [-0.4, -0.2) is 22.8 Å². The minimum Gasteiger partial charge on any atom is -0.497 e. The van der Waals surface area contributed by atoms with E-state index in [1.54, 1.807) is 12.1 Å². The van der Waals surface area contributed by atoms with Crippen molar-refractivity contribution in [1.29, 1.82) is 0 Å². The molecular weight excluding hydrogens is 253 g/mol. The van der Waals surface area contributed by atoms with E-state index in [1.807, 2.05) is 0 Å². The van der Waals surface area contributed by atoms with Crippen molar-refractivity contribution >= 4 is 23.3 Å². The van der Waals surface area contributed by atoms with Crippen molar-refractivity contribution in [3.05, 3.63) is 23.0 Å². The van der Waals surface area contributed by atoms with E-state index in [9.17, 15) is 13.2 Å².